The van der Waals surface area contributed by atoms with Gasteiger partial charge in [0, 0.05) is 37.8 Å². The molecule has 0 saturated carbocycles. The Balaban J connectivity index is 1.65. The van der Waals surface area contributed by atoms with Crippen LogP contribution in [0.3, 0.4) is 0 Å². The number of likely N-dealkylation sites (tertiary alicyclic amines) is 1. The predicted molar refractivity (Wildman–Crippen MR) is 144 cm³/mol. The van der Waals surface area contributed by atoms with Gasteiger partial charge in [-0.1, -0.05) is 56.8 Å². The number of hydrogen-bond acceptors (Lipinski definition) is 4. The third-order valence-corrected chi connectivity index (χ3v) is 8.33. The minimum atomic E-state index is -0.226. The number of nitrogens with one attached hydrogen (secondary N) is 2. The van der Waals surface area contributed by atoms with E-state index in [9.17, 15) is 9.59 Å². The lowest BCUT2D eigenvalue weighted by molar-refractivity contribution is -0.133. The van der Waals surface area contributed by atoms with Crippen LogP contribution in [0.4, 0.5) is 0 Å². The Morgan fingerprint density at radius 2 is 1.89 bits per heavy atom. The van der Waals surface area contributed by atoms with Crippen molar-refractivity contribution < 1.29 is 9.59 Å². The van der Waals surface area contributed by atoms with Crippen molar-refractivity contribution in [3.05, 3.63) is 33.8 Å². The molecular formula is C27H42Cl2N4O2. The number of halogens is 2. The Morgan fingerprint density at radius 3 is 2.54 bits per heavy atom. The molecule has 0 spiro atoms. The molecular weight excluding hydrogens is 483 g/mol. The zero-order valence-corrected chi connectivity index (χ0v) is 23.0. The van der Waals surface area contributed by atoms with Gasteiger partial charge in [-0.05, 0) is 68.8 Å². The second kappa shape index (κ2) is 13.8. The minimum absolute atomic E-state index is 0.0288. The SMILES string of the molecule is CC[C@H](CN1CC[C@@H](CNC(=O)c2ccc(Cl)c(Cl)c2)N[C@@H](CCN2CCCCC2)C1=O)C(C)C. The molecule has 2 fully saturated rings. The van der Waals surface area contributed by atoms with E-state index in [1.54, 1.807) is 18.2 Å². The zero-order valence-electron chi connectivity index (χ0n) is 21.5. The maximum absolute atomic E-state index is 13.6. The van der Waals surface area contributed by atoms with Gasteiger partial charge >= 0.3 is 0 Å². The minimum Gasteiger partial charge on any atom is -0.350 e. The van der Waals surface area contributed by atoms with Gasteiger partial charge in [0.1, 0.15) is 0 Å². The van der Waals surface area contributed by atoms with Crippen LogP contribution < -0.4 is 10.6 Å². The van der Waals surface area contributed by atoms with Gasteiger partial charge in [0.05, 0.1) is 16.1 Å². The van der Waals surface area contributed by atoms with Crippen LogP contribution >= 0.6 is 23.2 Å². The molecule has 3 atom stereocenters. The summed E-state index contributed by atoms with van der Waals surface area (Å²) < 4.78 is 0. The third-order valence-electron chi connectivity index (χ3n) is 7.59. The van der Waals surface area contributed by atoms with Crippen LogP contribution in [0.5, 0.6) is 0 Å². The van der Waals surface area contributed by atoms with Gasteiger partial charge in [0.2, 0.25) is 5.91 Å². The highest BCUT2D eigenvalue weighted by Crippen LogP contribution is 2.23. The maximum atomic E-state index is 13.6. The van der Waals surface area contributed by atoms with E-state index in [2.05, 4.69) is 41.2 Å². The molecule has 1 aromatic carbocycles. The van der Waals surface area contributed by atoms with Crippen LogP contribution in [0.15, 0.2) is 18.2 Å². The Labute approximate surface area is 221 Å². The molecule has 0 aromatic heterocycles. The highest BCUT2D eigenvalue weighted by Gasteiger charge is 2.32. The molecule has 8 heteroatoms. The monoisotopic (exact) mass is 524 g/mol. The number of rotatable bonds is 10. The average Bonchev–Trinajstić information content (AvgIpc) is 3.00. The van der Waals surface area contributed by atoms with Crippen LogP contribution in [0.2, 0.25) is 10.0 Å². The Morgan fingerprint density at radius 1 is 1.14 bits per heavy atom. The summed E-state index contributed by atoms with van der Waals surface area (Å²) >= 11 is 12.1. The van der Waals surface area contributed by atoms with Gasteiger partial charge < -0.3 is 20.4 Å². The summed E-state index contributed by atoms with van der Waals surface area (Å²) in [5.41, 5.74) is 0.482. The molecule has 2 saturated heterocycles. The fourth-order valence-electron chi connectivity index (χ4n) is 5.17. The van der Waals surface area contributed by atoms with Crippen LogP contribution in [-0.4, -0.2) is 73.0 Å². The first-order valence-electron chi connectivity index (χ1n) is 13.3. The van der Waals surface area contributed by atoms with Crippen molar-refractivity contribution in [1.82, 2.24) is 20.4 Å². The highest BCUT2D eigenvalue weighted by molar-refractivity contribution is 6.42. The average molecular weight is 526 g/mol. The Bertz CT molecular complexity index is 844. The first-order valence-corrected chi connectivity index (χ1v) is 14.0. The van der Waals surface area contributed by atoms with E-state index in [0.717, 1.165) is 45.4 Å². The number of carbonyl (C=O) groups is 2. The van der Waals surface area contributed by atoms with E-state index < -0.39 is 0 Å². The molecule has 196 valence electrons. The lowest BCUT2D eigenvalue weighted by atomic mass is 9.92. The highest BCUT2D eigenvalue weighted by atomic mass is 35.5. The van der Waals surface area contributed by atoms with E-state index >= 15 is 0 Å². The molecule has 35 heavy (non-hydrogen) atoms. The molecule has 0 radical (unpaired) electrons. The Hall–Kier alpha value is -1.34. The molecule has 1 aromatic rings. The summed E-state index contributed by atoms with van der Waals surface area (Å²) in [6.45, 7) is 11.8. The lowest BCUT2D eigenvalue weighted by Gasteiger charge is -2.31. The quantitative estimate of drug-likeness (QED) is 0.459. The molecule has 0 bridgehead atoms. The first-order chi connectivity index (χ1) is 16.8. The number of piperidine rings is 1. The summed E-state index contributed by atoms with van der Waals surface area (Å²) in [6.07, 6.45) is 6.46. The standard InChI is InChI=1S/C27H42Cl2N4O2/c1-4-20(19(2)3)18-33-15-10-22(17-30-26(34)21-8-9-23(28)24(29)16-21)31-25(27(33)35)11-14-32-12-6-5-7-13-32/h8-9,16,19-20,22,25,31H,4-7,10-15,17-18H2,1-3H3,(H,30,34)/t20-,22+,25+/m1/s1. The van der Waals surface area contributed by atoms with Gasteiger partial charge in [0.15, 0.2) is 0 Å². The third kappa shape index (κ3) is 8.34. The second-order valence-electron chi connectivity index (χ2n) is 10.4. The fourth-order valence-corrected chi connectivity index (χ4v) is 5.47. The summed E-state index contributed by atoms with van der Waals surface area (Å²) in [4.78, 5) is 30.9. The normalized spacial score (nSPS) is 22.8. The van der Waals surface area contributed by atoms with Crippen LogP contribution in [0, 0.1) is 11.8 Å². The summed E-state index contributed by atoms with van der Waals surface area (Å²) in [6, 6.07) is 4.70. The predicted octanol–water partition coefficient (Wildman–Crippen LogP) is 4.84. The fraction of sp³-hybridized carbons (Fsp3) is 0.704. The molecule has 3 rings (SSSR count). The van der Waals surface area contributed by atoms with E-state index in [-0.39, 0.29) is 23.9 Å². The topological polar surface area (TPSA) is 64.7 Å². The molecule has 0 unspecified atom stereocenters. The smallest absolute Gasteiger partial charge is 0.251 e. The number of nitrogens with zero attached hydrogens (tertiary/aromatic N) is 2. The van der Waals surface area contributed by atoms with Gasteiger partial charge in [-0.2, -0.15) is 0 Å². The molecule has 0 aliphatic carbocycles. The molecule has 2 aliphatic rings. The van der Waals surface area contributed by atoms with Crippen molar-refractivity contribution >= 4 is 35.0 Å². The number of carbonyl (C=O) groups excluding carboxylic acids is 2. The molecule has 2 aliphatic heterocycles. The van der Waals surface area contributed by atoms with Crippen LogP contribution in [0.25, 0.3) is 0 Å². The largest absolute Gasteiger partial charge is 0.350 e. The van der Waals surface area contributed by atoms with Crippen molar-refractivity contribution in [2.24, 2.45) is 11.8 Å². The van der Waals surface area contributed by atoms with Gasteiger partial charge in [-0.15, -0.1) is 0 Å². The van der Waals surface area contributed by atoms with Crippen molar-refractivity contribution in [2.75, 3.05) is 39.3 Å². The van der Waals surface area contributed by atoms with Gasteiger partial charge in [-0.3, -0.25) is 9.59 Å². The lowest BCUT2D eigenvalue weighted by Crippen LogP contribution is -2.50. The molecule has 2 amide bonds. The van der Waals surface area contributed by atoms with Crippen molar-refractivity contribution in [3.8, 4) is 0 Å². The number of hydrogen-bond donors (Lipinski definition) is 2. The van der Waals surface area contributed by atoms with Crippen molar-refractivity contribution in [2.45, 2.75) is 71.4 Å². The van der Waals surface area contributed by atoms with E-state index in [4.69, 9.17) is 23.2 Å². The van der Waals surface area contributed by atoms with Crippen LogP contribution in [0.1, 0.15) is 69.7 Å². The van der Waals surface area contributed by atoms with Crippen molar-refractivity contribution in [3.63, 3.8) is 0 Å². The zero-order chi connectivity index (χ0) is 25.4. The summed E-state index contributed by atoms with van der Waals surface area (Å²) in [5, 5.41) is 7.42. The van der Waals surface area contributed by atoms with E-state index in [1.165, 1.54) is 19.3 Å². The summed E-state index contributed by atoms with van der Waals surface area (Å²) in [7, 11) is 0. The molecule has 2 heterocycles. The van der Waals surface area contributed by atoms with Crippen LogP contribution in [-0.2, 0) is 4.79 Å². The van der Waals surface area contributed by atoms with E-state index in [1.807, 2.05) is 0 Å². The van der Waals surface area contributed by atoms with Gasteiger partial charge in [0.25, 0.3) is 5.91 Å². The number of benzene rings is 1. The van der Waals surface area contributed by atoms with E-state index in [0.29, 0.717) is 40.5 Å². The molecule has 6 nitrogen and oxygen atoms in total. The molecule has 2 N–H and O–H groups in total. The summed E-state index contributed by atoms with van der Waals surface area (Å²) in [5.74, 6) is 1.05. The first kappa shape index (κ1) is 28.2. The van der Waals surface area contributed by atoms with Gasteiger partial charge in [-0.25, -0.2) is 0 Å². The Kier molecular flexibility index (Phi) is 11.2. The second-order valence-corrected chi connectivity index (χ2v) is 11.2. The van der Waals surface area contributed by atoms with Crippen molar-refractivity contribution in [1.29, 1.82) is 0 Å². The maximum Gasteiger partial charge on any atom is 0.251 e. The number of amides is 2.